The Bertz CT molecular complexity index is 474. The molecule has 1 amide bonds. The zero-order valence-corrected chi connectivity index (χ0v) is 12.3. The van der Waals surface area contributed by atoms with E-state index in [-0.39, 0.29) is 18.1 Å². The van der Waals surface area contributed by atoms with E-state index < -0.39 is 0 Å². The standard InChI is InChI=1S/C16H23NO2/c1-12-7-5-8-13-9-6-10-17(15(12)13)14(18)11-19-16(2,3)4/h5,7-8H,6,9-11H2,1-4H3. The molecule has 0 bridgehead atoms. The summed E-state index contributed by atoms with van der Waals surface area (Å²) in [7, 11) is 0. The van der Waals surface area contributed by atoms with Crippen LogP contribution in [0.3, 0.4) is 0 Å². The van der Waals surface area contributed by atoms with Crippen LogP contribution in [0.15, 0.2) is 18.2 Å². The molecule has 0 unspecified atom stereocenters. The third-order valence-corrected chi connectivity index (χ3v) is 3.35. The van der Waals surface area contributed by atoms with Crippen LogP contribution in [0.5, 0.6) is 0 Å². The highest BCUT2D eigenvalue weighted by Crippen LogP contribution is 2.30. The molecule has 1 aromatic carbocycles. The molecule has 0 aromatic heterocycles. The van der Waals surface area contributed by atoms with Gasteiger partial charge in [0.05, 0.1) is 5.60 Å². The van der Waals surface area contributed by atoms with Gasteiger partial charge in [-0.2, -0.15) is 0 Å². The van der Waals surface area contributed by atoms with Crippen LogP contribution in [0.4, 0.5) is 5.69 Å². The molecule has 0 atom stereocenters. The summed E-state index contributed by atoms with van der Waals surface area (Å²) in [5, 5.41) is 0. The first kappa shape index (κ1) is 14.1. The van der Waals surface area contributed by atoms with Gasteiger partial charge in [-0.15, -0.1) is 0 Å². The van der Waals surface area contributed by atoms with Gasteiger partial charge in [0.15, 0.2) is 0 Å². The lowest BCUT2D eigenvalue weighted by Gasteiger charge is -2.32. The first-order chi connectivity index (χ1) is 8.88. The second-order valence-corrected chi connectivity index (χ2v) is 6.13. The van der Waals surface area contributed by atoms with Crippen molar-refractivity contribution in [3.05, 3.63) is 29.3 Å². The molecule has 104 valence electrons. The maximum Gasteiger partial charge on any atom is 0.253 e. The van der Waals surface area contributed by atoms with E-state index in [9.17, 15) is 4.79 Å². The van der Waals surface area contributed by atoms with E-state index in [0.29, 0.717) is 0 Å². The molecule has 0 saturated heterocycles. The summed E-state index contributed by atoms with van der Waals surface area (Å²) in [6.45, 7) is 8.91. The highest BCUT2D eigenvalue weighted by Gasteiger charge is 2.25. The Balaban J connectivity index is 2.17. The molecule has 0 fully saturated rings. The van der Waals surface area contributed by atoms with Gasteiger partial charge in [0.2, 0.25) is 0 Å². The number of aryl methyl sites for hydroxylation is 2. The lowest BCUT2D eigenvalue weighted by Crippen LogP contribution is -2.40. The van der Waals surface area contributed by atoms with Gasteiger partial charge in [-0.05, 0) is 51.7 Å². The van der Waals surface area contributed by atoms with E-state index in [1.165, 1.54) is 11.1 Å². The summed E-state index contributed by atoms with van der Waals surface area (Å²) in [6, 6.07) is 6.25. The third kappa shape index (κ3) is 3.35. The molecule has 3 nitrogen and oxygen atoms in total. The van der Waals surface area contributed by atoms with Crippen LogP contribution in [0, 0.1) is 6.92 Å². The Morgan fingerprint density at radius 2 is 2.11 bits per heavy atom. The zero-order chi connectivity index (χ0) is 14.0. The molecular weight excluding hydrogens is 238 g/mol. The van der Waals surface area contributed by atoms with E-state index >= 15 is 0 Å². The van der Waals surface area contributed by atoms with Crippen molar-refractivity contribution in [2.24, 2.45) is 0 Å². The molecule has 19 heavy (non-hydrogen) atoms. The largest absolute Gasteiger partial charge is 0.366 e. The molecule has 3 heteroatoms. The van der Waals surface area contributed by atoms with Crippen molar-refractivity contribution < 1.29 is 9.53 Å². The number of para-hydroxylation sites is 1. The maximum atomic E-state index is 12.4. The number of ether oxygens (including phenoxy) is 1. The molecular formula is C16H23NO2. The second-order valence-electron chi connectivity index (χ2n) is 6.13. The van der Waals surface area contributed by atoms with E-state index in [2.05, 4.69) is 25.1 Å². The van der Waals surface area contributed by atoms with Gasteiger partial charge in [-0.1, -0.05) is 18.2 Å². The van der Waals surface area contributed by atoms with Gasteiger partial charge in [0.25, 0.3) is 5.91 Å². The Morgan fingerprint density at radius 1 is 1.37 bits per heavy atom. The monoisotopic (exact) mass is 261 g/mol. The van der Waals surface area contributed by atoms with Crippen molar-refractivity contribution in [2.45, 2.75) is 46.1 Å². The summed E-state index contributed by atoms with van der Waals surface area (Å²) >= 11 is 0. The summed E-state index contributed by atoms with van der Waals surface area (Å²) in [5.41, 5.74) is 3.26. The van der Waals surface area contributed by atoms with Crippen LogP contribution in [-0.2, 0) is 16.0 Å². The van der Waals surface area contributed by atoms with Crippen LogP contribution in [0.1, 0.15) is 38.3 Å². The number of carbonyl (C=O) groups is 1. The molecule has 0 aliphatic carbocycles. The Kier molecular flexibility index (Phi) is 3.95. The highest BCUT2D eigenvalue weighted by molar-refractivity contribution is 5.96. The third-order valence-electron chi connectivity index (χ3n) is 3.35. The van der Waals surface area contributed by atoms with Gasteiger partial charge < -0.3 is 9.64 Å². The Labute approximate surface area is 115 Å². The van der Waals surface area contributed by atoms with Crippen LogP contribution < -0.4 is 4.90 Å². The van der Waals surface area contributed by atoms with E-state index in [1.54, 1.807) is 0 Å². The summed E-state index contributed by atoms with van der Waals surface area (Å²) in [4.78, 5) is 14.2. The van der Waals surface area contributed by atoms with Crippen LogP contribution >= 0.6 is 0 Å². The van der Waals surface area contributed by atoms with Gasteiger partial charge in [0, 0.05) is 12.2 Å². The van der Waals surface area contributed by atoms with Gasteiger partial charge >= 0.3 is 0 Å². The lowest BCUT2D eigenvalue weighted by molar-refractivity contribution is -0.128. The summed E-state index contributed by atoms with van der Waals surface area (Å²) in [5.74, 6) is 0.0603. The van der Waals surface area contributed by atoms with Gasteiger partial charge in [-0.25, -0.2) is 0 Å². The first-order valence-electron chi connectivity index (χ1n) is 6.91. The molecule has 0 spiro atoms. The molecule has 0 N–H and O–H groups in total. The topological polar surface area (TPSA) is 29.5 Å². The van der Waals surface area contributed by atoms with Crippen LogP contribution in [-0.4, -0.2) is 24.7 Å². The predicted molar refractivity (Wildman–Crippen MR) is 77.6 cm³/mol. The number of hydrogen-bond acceptors (Lipinski definition) is 2. The number of rotatable bonds is 2. The fraction of sp³-hybridized carbons (Fsp3) is 0.562. The minimum absolute atomic E-state index is 0.0603. The number of fused-ring (bicyclic) bond motifs is 1. The molecule has 0 radical (unpaired) electrons. The van der Waals surface area contributed by atoms with Crippen molar-refractivity contribution in [1.82, 2.24) is 0 Å². The second kappa shape index (κ2) is 5.33. The number of anilines is 1. The highest BCUT2D eigenvalue weighted by atomic mass is 16.5. The summed E-state index contributed by atoms with van der Waals surface area (Å²) < 4.78 is 5.61. The Hall–Kier alpha value is -1.35. The molecule has 1 aliphatic heterocycles. The SMILES string of the molecule is Cc1cccc2c1N(C(=O)COC(C)(C)C)CCC2. The smallest absolute Gasteiger partial charge is 0.253 e. The number of benzene rings is 1. The van der Waals surface area contributed by atoms with E-state index in [1.807, 2.05) is 25.7 Å². The minimum atomic E-state index is -0.278. The van der Waals surface area contributed by atoms with Crippen molar-refractivity contribution in [1.29, 1.82) is 0 Å². The summed E-state index contributed by atoms with van der Waals surface area (Å²) in [6.07, 6.45) is 2.08. The Morgan fingerprint density at radius 3 is 2.79 bits per heavy atom. The number of nitrogens with zero attached hydrogens (tertiary/aromatic N) is 1. The molecule has 0 saturated carbocycles. The molecule has 1 heterocycles. The molecule has 1 aliphatic rings. The van der Waals surface area contributed by atoms with E-state index in [4.69, 9.17) is 4.74 Å². The number of hydrogen-bond donors (Lipinski definition) is 0. The average molecular weight is 261 g/mol. The fourth-order valence-corrected chi connectivity index (χ4v) is 2.45. The van der Waals surface area contributed by atoms with Gasteiger partial charge in [-0.3, -0.25) is 4.79 Å². The minimum Gasteiger partial charge on any atom is -0.366 e. The number of amides is 1. The van der Waals surface area contributed by atoms with Crippen molar-refractivity contribution in [3.8, 4) is 0 Å². The fourth-order valence-electron chi connectivity index (χ4n) is 2.45. The quantitative estimate of drug-likeness (QED) is 0.818. The van der Waals surface area contributed by atoms with Crippen molar-refractivity contribution in [3.63, 3.8) is 0 Å². The van der Waals surface area contributed by atoms with Crippen molar-refractivity contribution >= 4 is 11.6 Å². The van der Waals surface area contributed by atoms with Crippen molar-refractivity contribution in [2.75, 3.05) is 18.1 Å². The van der Waals surface area contributed by atoms with Crippen LogP contribution in [0.2, 0.25) is 0 Å². The molecule has 2 rings (SSSR count). The molecule has 1 aromatic rings. The van der Waals surface area contributed by atoms with E-state index in [0.717, 1.165) is 25.1 Å². The lowest BCUT2D eigenvalue weighted by atomic mass is 9.98. The zero-order valence-electron chi connectivity index (χ0n) is 12.3. The normalized spacial score (nSPS) is 15.3. The average Bonchev–Trinajstić information content (AvgIpc) is 2.35. The van der Waals surface area contributed by atoms with Crippen LogP contribution in [0.25, 0.3) is 0 Å². The first-order valence-corrected chi connectivity index (χ1v) is 6.91. The number of carbonyl (C=O) groups excluding carboxylic acids is 1. The predicted octanol–water partition coefficient (Wildman–Crippen LogP) is 3.09. The van der Waals surface area contributed by atoms with Gasteiger partial charge in [0.1, 0.15) is 6.61 Å². The maximum absolute atomic E-state index is 12.4.